The number of hydrogen-bond donors (Lipinski definition) is 2. The minimum Gasteiger partial charge on any atom is -0.478 e. The van der Waals surface area contributed by atoms with E-state index in [-0.39, 0.29) is 9.87 Å². The first-order valence-corrected chi connectivity index (χ1v) is 7.39. The maximum Gasteiger partial charge on any atom is 0.402 e. The van der Waals surface area contributed by atoms with Gasteiger partial charge in [0.05, 0.1) is 12.2 Å². The van der Waals surface area contributed by atoms with Crippen LogP contribution in [0.15, 0.2) is 15.7 Å². The van der Waals surface area contributed by atoms with Crippen LogP contribution in [-0.2, 0) is 10.0 Å². The highest BCUT2D eigenvalue weighted by atomic mass is 32.2. The van der Waals surface area contributed by atoms with Crippen molar-refractivity contribution in [2.45, 2.75) is 10.4 Å². The van der Waals surface area contributed by atoms with E-state index < -0.39 is 46.1 Å². The fraction of sp³-hybridized carbons (Fsp3) is 0.444. The van der Waals surface area contributed by atoms with Gasteiger partial charge in [-0.05, 0) is 6.07 Å². The zero-order valence-electron chi connectivity index (χ0n) is 9.79. The highest BCUT2D eigenvalue weighted by molar-refractivity contribution is 7.91. The molecule has 0 atom stereocenters. The second-order valence-corrected chi connectivity index (χ2v) is 6.71. The molecule has 11 heteroatoms. The average Bonchev–Trinajstić information content (AvgIpc) is 2.76. The molecule has 0 aliphatic rings. The number of aliphatic hydroxyl groups excluding tert-OH is 1. The maximum atomic E-state index is 12.3. The lowest BCUT2D eigenvalue weighted by atomic mass is 10.4. The Labute approximate surface area is 116 Å². The van der Waals surface area contributed by atoms with Crippen molar-refractivity contribution >= 4 is 27.3 Å². The van der Waals surface area contributed by atoms with Gasteiger partial charge in [-0.3, -0.25) is 0 Å². The molecule has 0 aliphatic carbocycles. The molecule has 0 fully saturated rings. The molecule has 0 radical (unpaired) electrons. The third-order valence-electron chi connectivity index (χ3n) is 2.12. The SMILES string of the molecule is O=C(O)c1csc(S(=O)(=O)N(CCO)CC(F)(F)F)c1. The Kier molecular flexibility index (Phi) is 5.13. The Balaban J connectivity index is 3.11. The molecule has 6 nitrogen and oxygen atoms in total. The van der Waals surface area contributed by atoms with Crippen LogP contribution >= 0.6 is 11.3 Å². The van der Waals surface area contributed by atoms with E-state index in [0.29, 0.717) is 11.3 Å². The molecule has 0 saturated heterocycles. The number of thiophene rings is 1. The second-order valence-electron chi connectivity index (χ2n) is 3.64. The second kappa shape index (κ2) is 6.08. The molecule has 2 N–H and O–H groups in total. The summed E-state index contributed by atoms with van der Waals surface area (Å²) >= 11 is 0.506. The predicted octanol–water partition coefficient (Wildman–Crippen LogP) is 0.992. The first kappa shape index (κ1) is 16.9. The van der Waals surface area contributed by atoms with Crippen LogP contribution in [0.3, 0.4) is 0 Å². The summed E-state index contributed by atoms with van der Waals surface area (Å²) in [6.45, 7) is -3.27. The average molecular weight is 333 g/mol. The van der Waals surface area contributed by atoms with Crippen LogP contribution in [0.25, 0.3) is 0 Å². The van der Waals surface area contributed by atoms with Crippen molar-refractivity contribution in [3.8, 4) is 0 Å². The highest BCUT2D eigenvalue weighted by Gasteiger charge is 2.37. The third-order valence-corrected chi connectivity index (χ3v) is 5.38. The fourth-order valence-electron chi connectivity index (χ4n) is 1.29. The first-order valence-electron chi connectivity index (χ1n) is 5.07. The zero-order chi connectivity index (χ0) is 15.6. The lowest BCUT2D eigenvalue weighted by Crippen LogP contribution is -2.40. The number of aromatic carboxylic acids is 1. The third kappa shape index (κ3) is 4.16. The normalized spacial score (nSPS) is 12.8. The van der Waals surface area contributed by atoms with Gasteiger partial charge in [0, 0.05) is 11.9 Å². The van der Waals surface area contributed by atoms with Gasteiger partial charge < -0.3 is 10.2 Å². The Morgan fingerprint density at radius 3 is 2.40 bits per heavy atom. The van der Waals surface area contributed by atoms with Crippen molar-refractivity contribution in [2.24, 2.45) is 0 Å². The van der Waals surface area contributed by atoms with E-state index in [0.717, 1.165) is 11.4 Å². The number of aliphatic hydroxyl groups is 1. The van der Waals surface area contributed by atoms with Crippen LogP contribution in [0.5, 0.6) is 0 Å². The molecule has 20 heavy (non-hydrogen) atoms. The lowest BCUT2D eigenvalue weighted by molar-refractivity contribution is -0.136. The molecule has 0 saturated carbocycles. The number of alkyl halides is 3. The molecule has 114 valence electrons. The number of sulfonamides is 1. The Bertz CT molecular complexity index is 581. The molecule has 0 aliphatic heterocycles. The van der Waals surface area contributed by atoms with Crippen LogP contribution in [0.1, 0.15) is 10.4 Å². The van der Waals surface area contributed by atoms with Crippen molar-refractivity contribution < 1.29 is 36.6 Å². The predicted molar refractivity (Wildman–Crippen MR) is 63.2 cm³/mol. The number of rotatable bonds is 6. The molecule has 0 unspecified atom stereocenters. The molecule has 1 rings (SSSR count). The molecular formula is C9H10F3NO5S2. The van der Waals surface area contributed by atoms with E-state index in [9.17, 15) is 26.4 Å². The van der Waals surface area contributed by atoms with E-state index in [1.165, 1.54) is 0 Å². The number of carbonyl (C=O) groups is 1. The maximum absolute atomic E-state index is 12.3. The largest absolute Gasteiger partial charge is 0.478 e. The first-order chi connectivity index (χ1) is 9.08. The van der Waals surface area contributed by atoms with Gasteiger partial charge in [0.1, 0.15) is 10.8 Å². The molecule has 1 aromatic rings. The van der Waals surface area contributed by atoms with Gasteiger partial charge in [0.25, 0.3) is 10.0 Å². The van der Waals surface area contributed by atoms with Gasteiger partial charge in [-0.2, -0.15) is 17.5 Å². The summed E-state index contributed by atoms with van der Waals surface area (Å²) in [5, 5.41) is 18.4. The van der Waals surface area contributed by atoms with Gasteiger partial charge in [-0.15, -0.1) is 11.3 Å². The number of carboxylic acids is 1. The van der Waals surface area contributed by atoms with Gasteiger partial charge >= 0.3 is 12.1 Å². The minimum atomic E-state index is -4.77. The fourth-order valence-corrected chi connectivity index (χ4v) is 4.01. The van der Waals surface area contributed by atoms with Crippen LogP contribution in [0.4, 0.5) is 13.2 Å². The van der Waals surface area contributed by atoms with E-state index in [1.54, 1.807) is 0 Å². The van der Waals surface area contributed by atoms with E-state index in [2.05, 4.69) is 0 Å². The molecule has 1 aromatic heterocycles. The summed E-state index contributed by atoms with van der Waals surface area (Å²) in [7, 11) is -4.50. The molecule has 0 aromatic carbocycles. The Morgan fingerprint density at radius 1 is 1.40 bits per heavy atom. The topological polar surface area (TPSA) is 94.9 Å². The summed E-state index contributed by atoms with van der Waals surface area (Å²) in [6.07, 6.45) is -4.77. The molecule has 0 bridgehead atoms. The number of hydrogen-bond acceptors (Lipinski definition) is 5. The van der Waals surface area contributed by atoms with E-state index in [4.69, 9.17) is 10.2 Å². The van der Waals surface area contributed by atoms with E-state index in [1.807, 2.05) is 0 Å². The van der Waals surface area contributed by atoms with Crippen molar-refractivity contribution in [3.05, 3.63) is 17.0 Å². The summed E-state index contributed by atoms with van der Waals surface area (Å²) in [5.41, 5.74) is -0.329. The quantitative estimate of drug-likeness (QED) is 0.809. The van der Waals surface area contributed by atoms with Crippen molar-refractivity contribution in [3.63, 3.8) is 0 Å². The minimum absolute atomic E-state index is 0.0600. The highest BCUT2D eigenvalue weighted by Crippen LogP contribution is 2.26. The summed E-state index contributed by atoms with van der Waals surface area (Å²) < 4.78 is 60.5. The van der Waals surface area contributed by atoms with Crippen molar-refractivity contribution in [2.75, 3.05) is 19.7 Å². The van der Waals surface area contributed by atoms with Gasteiger partial charge in [0.15, 0.2) is 0 Å². The molecule has 0 spiro atoms. The van der Waals surface area contributed by atoms with Crippen LogP contribution in [-0.4, -0.2) is 54.8 Å². The van der Waals surface area contributed by atoms with Crippen LogP contribution in [0, 0.1) is 0 Å². The Morgan fingerprint density at radius 2 is 2.00 bits per heavy atom. The molecule has 0 amide bonds. The summed E-state index contributed by atoms with van der Waals surface area (Å²) in [4.78, 5) is 10.6. The van der Waals surface area contributed by atoms with Gasteiger partial charge in [-0.1, -0.05) is 0 Å². The standard InChI is InChI=1S/C9H10F3NO5S2/c10-9(11,12)5-13(1-2-14)20(17,18)7-3-6(4-19-7)8(15)16/h3-4,14H,1-2,5H2,(H,15,16). The molecular weight excluding hydrogens is 323 g/mol. The smallest absolute Gasteiger partial charge is 0.402 e. The Hall–Kier alpha value is -1.17. The monoisotopic (exact) mass is 333 g/mol. The van der Waals surface area contributed by atoms with Gasteiger partial charge in [0.2, 0.25) is 0 Å². The van der Waals surface area contributed by atoms with Crippen LogP contribution in [0.2, 0.25) is 0 Å². The summed E-state index contributed by atoms with van der Waals surface area (Å²) in [6, 6.07) is 0.781. The van der Waals surface area contributed by atoms with Gasteiger partial charge in [-0.25, -0.2) is 13.2 Å². The van der Waals surface area contributed by atoms with Crippen LogP contribution < -0.4 is 0 Å². The summed E-state index contributed by atoms with van der Waals surface area (Å²) in [5.74, 6) is -1.38. The number of halogens is 3. The number of carboxylic acid groups (broad SMARTS) is 1. The lowest BCUT2D eigenvalue weighted by Gasteiger charge is -2.21. The number of nitrogens with zero attached hydrogens (tertiary/aromatic N) is 1. The van der Waals surface area contributed by atoms with Crippen molar-refractivity contribution in [1.29, 1.82) is 0 Å². The van der Waals surface area contributed by atoms with E-state index >= 15 is 0 Å². The molecule has 1 heterocycles. The zero-order valence-corrected chi connectivity index (χ0v) is 11.4. The van der Waals surface area contributed by atoms with Crippen molar-refractivity contribution in [1.82, 2.24) is 4.31 Å².